The Hall–Kier alpha value is -3.02. The van der Waals surface area contributed by atoms with Crippen LogP contribution in [0.25, 0.3) is 22.0 Å². The van der Waals surface area contributed by atoms with Crippen molar-refractivity contribution in [3.05, 3.63) is 59.8 Å². The number of esters is 1. The fraction of sp³-hybridized carbons (Fsp3) is 0.238. The monoisotopic (exact) mass is 370 g/mol. The first kappa shape index (κ1) is 18.8. The van der Waals surface area contributed by atoms with Crippen LogP contribution in [0.2, 0.25) is 0 Å². The van der Waals surface area contributed by atoms with Gasteiger partial charge in [0.15, 0.2) is 0 Å². The molecular formula is C21H20F2N2O2. The number of nitrogens with zero attached hydrogens (tertiary/aromatic N) is 1. The molecule has 0 saturated heterocycles. The molecule has 0 atom stereocenters. The summed E-state index contributed by atoms with van der Waals surface area (Å²) >= 11 is 0. The van der Waals surface area contributed by atoms with E-state index in [4.69, 9.17) is 4.74 Å². The van der Waals surface area contributed by atoms with Crippen molar-refractivity contribution in [3.63, 3.8) is 0 Å². The lowest BCUT2D eigenvalue weighted by Gasteiger charge is -2.20. The molecule has 6 heteroatoms. The summed E-state index contributed by atoms with van der Waals surface area (Å²) < 4.78 is 34.1. The van der Waals surface area contributed by atoms with E-state index in [1.807, 2.05) is 0 Å². The molecule has 1 N–H and O–H groups in total. The second-order valence-electron chi connectivity index (χ2n) is 7.13. The zero-order chi connectivity index (χ0) is 19.8. The maximum atomic E-state index is 14.3. The summed E-state index contributed by atoms with van der Waals surface area (Å²) in [5.74, 6) is -1.95. The first-order valence-corrected chi connectivity index (χ1v) is 8.49. The lowest BCUT2D eigenvalue weighted by molar-refractivity contribution is 0.00697. The molecule has 0 aliphatic rings. The standard InChI is InChI=1S/C21H20F2N2O2/c1-21(2,3)27-20(26)12-8-9-13-14(10-12)19(25-11-17(13)24-4)18-15(22)6-5-7-16(18)23/h5-11,24H,1-4H3. The molecule has 0 fully saturated rings. The average molecular weight is 370 g/mol. The van der Waals surface area contributed by atoms with Gasteiger partial charge in [0.25, 0.3) is 0 Å². The van der Waals surface area contributed by atoms with Crippen LogP contribution < -0.4 is 5.32 Å². The third-order valence-electron chi connectivity index (χ3n) is 3.99. The van der Waals surface area contributed by atoms with Gasteiger partial charge in [-0.1, -0.05) is 12.1 Å². The van der Waals surface area contributed by atoms with E-state index in [1.54, 1.807) is 46.0 Å². The molecule has 3 aromatic rings. The second-order valence-corrected chi connectivity index (χ2v) is 7.13. The topological polar surface area (TPSA) is 51.2 Å². The molecule has 0 bridgehead atoms. The largest absolute Gasteiger partial charge is 0.456 e. The number of halogens is 2. The minimum atomic E-state index is -0.719. The fourth-order valence-electron chi connectivity index (χ4n) is 2.83. The van der Waals surface area contributed by atoms with E-state index in [1.165, 1.54) is 24.4 Å². The number of fused-ring (bicyclic) bond motifs is 1. The Kier molecular flexibility index (Phi) is 4.83. The van der Waals surface area contributed by atoms with Gasteiger partial charge in [-0.05, 0) is 45.0 Å². The first-order chi connectivity index (χ1) is 12.7. The minimum Gasteiger partial charge on any atom is -0.456 e. The SMILES string of the molecule is CNc1cnc(-c2c(F)cccc2F)c2cc(C(=O)OC(C)(C)C)ccc12. The molecule has 0 unspecified atom stereocenters. The summed E-state index contributed by atoms with van der Waals surface area (Å²) in [5, 5.41) is 4.14. The van der Waals surface area contributed by atoms with Crippen molar-refractivity contribution in [2.75, 3.05) is 12.4 Å². The van der Waals surface area contributed by atoms with Gasteiger partial charge < -0.3 is 10.1 Å². The average Bonchev–Trinajstić information content (AvgIpc) is 2.59. The summed E-state index contributed by atoms with van der Waals surface area (Å²) in [6.07, 6.45) is 1.51. The fourth-order valence-corrected chi connectivity index (χ4v) is 2.83. The highest BCUT2D eigenvalue weighted by atomic mass is 19.1. The second kappa shape index (κ2) is 6.95. The number of pyridine rings is 1. The third-order valence-corrected chi connectivity index (χ3v) is 3.99. The predicted molar refractivity (Wildman–Crippen MR) is 102 cm³/mol. The summed E-state index contributed by atoms with van der Waals surface area (Å²) in [6, 6.07) is 8.54. The van der Waals surface area contributed by atoms with Crippen LogP contribution in [0.5, 0.6) is 0 Å². The Bertz CT molecular complexity index is 1010. The number of hydrogen-bond acceptors (Lipinski definition) is 4. The predicted octanol–water partition coefficient (Wildman–Crippen LogP) is 5.18. The normalized spacial score (nSPS) is 11.5. The van der Waals surface area contributed by atoms with Crippen molar-refractivity contribution in [3.8, 4) is 11.3 Å². The Morgan fingerprint density at radius 1 is 1.07 bits per heavy atom. The van der Waals surface area contributed by atoms with Gasteiger partial charge in [0.05, 0.1) is 28.7 Å². The van der Waals surface area contributed by atoms with Crippen molar-refractivity contribution in [1.29, 1.82) is 0 Å². The molecule has 140 valence electrons. The van der Waals surface area contributed by atoms with Crippen LogP contribution >= 0.6 is 0 Å². The Morgan fingerprint density at radius 2 is 1.74 bits per heavy atom. The number of nitrogens with one attached hydrogen (secondary N) is 1. The molecule has 1 aromatic heterocycles. The number of ether oxygens (including phenoxy) is 1. The number of carbonyl (C=O) groups excluding carboxylic acids is 1. The van der Waals surface area contributed by atoms with Crippen LogP contribution in [0.15, 0.2) is 42.6 Å². The Labute approximate surface area is 156 Å². The van der Waals surface area contributed by atoms with E-state index in [0.717, 1.165) is 0 Å². The van der Waals surface area contributed by atoms with E-state index < -0.39 is 23.2 Å². The summed E-state index contributed by atoms with van der Waals surface area (Å²) in [5.41, 5.74) is 0.209. The molecule has 0 radical (unpaired) electrons. The maximum absolute atomic E-state index is 14.3. The Balaban J connectivity index is 2.26. The molecule has 0 aliphatic carbocycles. The number of hydrogen-bond donors (Lipinski definition) is 1. The molecule has 3 rings (SSSR count). The van der Waals surface area contributed by atoms with E-state index in [9.17, 15) is 13.6 Å². The van der Waals surface area contributed by atoms with E-state index >= 15 is 0 Å². The van der Waals surface area contributed by atoms with E-state index in [-0.39, 0.29) is 16.8 Å². The van der Waals surface area contributed by atoms with Crippen LogP contribution in [0, 0.1) is 11.6 Å². The van der Waals surface area contributed by atoms with Gasteiger partial charge >= 0.3 is 5.97 Å². The molecule has 1 heterocycles. The smallest absolute Gasteiger partial charge is 0.338 e. The quantitative estimate of drug-likeness (QED) is 0.646. The lowest BCUT2D eigenvalue weighted by atomic mass is 10.00. The molecule has 2 aromatic carbocycles. The Morgan fingerprint density at radius 3 is 2.33 bits per heavy atom. The first-order valence-electron chi connectivity index (χ1n) is 8.49. The molecule has 4 nitrogen and oxygen atoms in total. The van der Waals surface area contributed by atoms with Crippen LogP contribution in [-0.4, -0.2) is 23.6 Å². The lowest BCUT2D eigenvalue weighted by Crippen LogP contribution is -2.23. The van der Waals surface area contributed by atoms with Crippen LogP contribution in [-0.2, 0) is 4.74 Å². The van der Waals surface area contributed by atoms with Gasteiger partial charge in [0.2, 0.25) is 0 Å². The number of anilines is 1. The number of aromatic nitrogens is 1. The van der Waals surface area contributed by atoms with Crippen LogP contribution in [0.4, 0.5) is 14.5 Å². The molecule has 0 saturated carbocycles. The van der Waals surface area contributed by atoms with Crippen LogP contribution in [0.1, 0.15) is 31.1 Å². The van der Waals surface area contributed by atoms with Gasteiger partial charge in [-0.25, -0.2) is 13.6 Å². The highest BCUT2D eigenvalue weighted by molar-refractivity contribution is 6.05. The maximum Gasteiger partial charge on any atom is 0.338 e. The van der Waals surface area contributed by atoms with Crippen molar-refractivity contribution in [2.45, 2.75) is 26.4 Å². The van der Waals surface area contributed by atoms with Gasteiger partial charge in [0, 0.05) is 17.8 Å². The van der Waals surface area contributed by atoms with Gasteiger partial charge in [-0.2, -0.15) is 0 Å². The summed E-state index contributed by atoms with van der Waals surface area (Å²) in [7, 11) is 1.72. The van der Waals surface area contributed by atoms with Gasteiger partial charge in [-0.15, -0.1) is 0 Å². The molecule has 27 heavy (non-hydrogen) atoms. The number of carbonyl (C=O) groups is 1. The number of benzene rings is 2. The van der Waals surface area contributed by atoms with E-state index in [0.29, 0.717) is 16.5 Å². The summed E-state index contributed by atoms with van der Waals surface area (Å²) in [4.78, 5) is 16.7. The van der Waals surface area contributed by atoms with Crippen molar-refractivity contribution in [2.24, 2.45) is 0 Å². The minimum absolute atomic E-state index is 0.130. The highest BCUT2D eigenvalue weighted by Gasteiger charge is 2.21. The molecule has 0 spiro atoms. The van der Waals surface area contributed by atoms with E-state index in [2.05, 4.69) is 10.3 Å². The molecule has 0 aliphatic heterocycles. The summed E-state index contributed by atoms with van der Waals surface area (Å²) in [6.45, 7) is 5.31. The number of rotatable bonds is 3. The molecular weight excluding hydrogens is 350 g/mol. The van der Waals surface area contributed by atoms with Crippen molar-refractivity contribution >= 4 is 22.4 Å². The van der Waals surface area contributed by atoms with Crippen molar-refractivity contribution in [1.82, 2.24) is 4.98 Å². The van der Waals surface area contributed by atoms with Crippen molar-refractivity contribution < 1.29 is 18.3 Å². The molecule has 0 amide bonds. The van der Waals surface area contributed by atoms with Gasteiger partial charge in [-0.3, -0.25) is 4.98 Å². The van der Waals surface area contributed by atoms with Gasteiger partial charge in [0.1, 0.15) is 17.2 Å². The van der Waals surface area contributed by atoms with Crippen LogP contribution in [0.3, 0.4) is 0 Å². The zero-order valence-corrected chi connectivity index (χ0v) is 15.6. The zero-order valence-electron chi connectivity index (χ0n) is 15.6. The highest BCUT2D eigenvalue weighted by Crippen LogP contribution is 2.34. The third kappa shape index (κ3) is 3.74.